The number of hydrogen-bond donors (Lipinski definition) is 2. The van der Waals surface area contributed by atoms with Gasteiger partial charge in [0.1, 0.15) is 0 Å². The zero-order valence-corrected chi connectivity index (χ0v) is 12.2. The third kappa shape index (κ3) is 3.86. The molecule has 0 aliphatic rings. The molecule has 0 atom stereocenters. The van der Waals surface area contributed by atoms with Gasteiger partial charge in [-0.1, -0.05) is 18.2 Å². The topological polar surface area (TPSA) is 49.3 Å². The number of thiocarbonyl (C=S) groups is 1. The SMILES string of the molecule is Cc1cccc(NC(=S)N/N=C/c2cccnc2)c1C. The molecule has 0 fully saturated rings. The molecular formula is C15H16N4S. The van der Waals surface area contributed by atoms with Gasteiger partial charge in [-0.3, -0.25) is 10.4 Å². The van der Waals surface area contributed by atoms with Gasteiger partial charge in [0.25, 0.3) is 0 Å². The molecule has 1 aromatic heterocycles. The van der Waals surface area contributed by atoms with E-state index in [0.717, 1.165) is 11.3 Å². The molecule has 0 saturated heterocycles. The van der Waals surface area contributed by atoms with Crippen LogP contribution in [0, 0.1) is 13.8 Å². The van der Waals surface area contributed by atoms with Crippen molar-refractivity contribution in [2.24, 2.45) is 5.10 Å². The molecule has 0 bridgehead atoms. The Kier molecular flexibility index (Phi) is 4.79. The van der Waals surface area contributed by atoms with Gasteiger partial charge in [-0.05, 0) is 49.3 Å². The highest BCUT2D eigenvalue weighted by Gasteiger charge is 2.01. The first-order chi connectivity index (χ1) is 9.66. The van der Waals surface area contributed by atoms with Crippen LogP contribution in [0.3, 0.4) is 0 Å². The number of hydrazone groups is 1. The van der Waals surface area contributed by atoms with Crippen molar-refractivity contribution in [3.05, 3.63) is 59.4 Å². The lowest BCUT2D eigenvalue weighted by Gasteiger charge is -2.11. The largest absolute Gasteiger partial charge is 0.331 e. The molecular weight excluding hydrogens is 268 g/mol. The zero-order chi connectivity index (χ0) is 14.4. The molecule has 0 amide bonds. The molecule has 1 heterocycles. The van der Waals surface area contributed by atoms with E-state index in [1.807, 2.05) is 24.3 Å². The van der Waals surface area contributed by atoms with Crippen LogP contribution in [0.25, 0.3) is 0 Å². The van der Waals surface area contributed by atoms with Crippen molar-refractivity contribution in [1.29, 1.82) is 0 Å². The van der Waals surface area contributed by atoms with Crippen molar-refractivity contribution >= 4 is 29.2 Å². The van der Waals surface area contributed by atoms with E-state index in [1.54, 1.807) is 18.6 Å². The van der Waals surface area contributed by atoms with Crippen LogP contribution in [0.4, 0.5) is 5.69 Å². The molecule has 2 aromatic rings. The van der Waals surface area contributed by atoms with Gasteiger partial charge in [-0.25, -0.2) is 0 Å². The van der Waals surface area contributed by atoms with Gasteiger partial charge in [-0.15, -0.1) is 0 Å². The highest BCUT2D eigenvalue weighted by Crippen LogP contribution is 2.17. The predicted octanol–water partition coefficient (Wildman–Crippen LogP) is 3.02. The van der Waals surface area contributed by atoms with Gasteiger partial charge >= 0.3 is 0 Å². The Labute approximate surface area is 123 Å². The number of nitrogens with zero attached hydrogens (tertiary/aromatic N) is 2. The summed E-state index contributed by atoms with van der Waals surface area (Å²) in [6.45, 7) is 4.12. The van der Waals surface area contributed by atoms with Gasteiger partial charge in [0.05, 0.1) is 6.21 Å². The van der Waals surface area contributed by atoms with Gasteiger partial charge < -0.3 is 5.32 Å². The smallest absolute Gasteiger partial charge is 0.191 e. The summed E-state index contributed by atoms with van der Waals surface area (Å²) in [6.07, 6.45) is 5.12. The average Bonchev–Trinajstić information content (AvgIpc) is 2.45. The first-order valence-corrected chi connectivity index (χ1v) is 6.64. The van der Waals surface area contributed by atoms with E-state index in [2.05, 4.69) is 40.7 Å². The Balaban J connectivity index is 1.93. The normalized spacial score (nSPS) is 10.5. The first-order valence-electron chi connectivity index (χ1n) is 6.23. The number of nitrogens with one attached hydrogen (secondary N) is 2. The lowest BCUT2D eigenvalue weighted by Crippen LogP contribution is -2.24. The average molecular weight is 284 g/mol. The summed E-state index contributed by atoms with van der Waals surface area (Å²) in [5, 5.41) is 7.66. The van der Waals surface area contributed by atoms with E-state index in [4.69, 9.17) is 12.2 Å². The van der Waals surface area contributed by atoms with Crippen LogP contribution in [0.2, 0.25) is 0 Å². The maximum atomic E-state index is 5.20. The molecule has 5 heteroatoms. The molecule has 102 valence electrons. The van der Waals surface area contributed by atoms with Crippen molar-refractivity contribution in [1.82, 2.24) is 10.4 Å². The molecule has 4 nitrogen and oxygen atoms in total. The minimum absolute atomic E-state index is 0.457. The van der Waals surface area contributed by atoms with E-state index in [-0.39, 0.29) is 0 Å². The predicted molar refractivity (Wildman–Crippen MR) is 87.1 cm³/mol. The lowest BCUT2D eigenvalue weighted by atomic mass is 10.1. The number of aromatic nitrogens is 1. The lowest BCUT2D eigenvalue weighted by molar-refractivity contribution is 1.05. The van der Waals surface area contributed by atoms with Crippen molar-refractivity contribution in [3.63, 3.8) is 0 Å². The van der Waals surface area contributed by atoms with Crippen LogP contribution in [-0.2, 0) is 0 Å². The number of aryl methyl sites for hydroxylation is 1. The number of anilines is 1. The van der Waals surface area contributed by atoms with E-state index in [9.17, 15) is 0 Å². The molecule has 0 aliphatic heterocycles. The second-order valence-electron chi connectivity index (χ2n) is 4.36. The van der Waals surface area contributed by atoms with Crippen LogP contribution in [-0.4, -0.2) is 16.3 Å². The number of pyridine rings is 1. The highest BCUT2D eigenvalue weighted by molar-refractivity contribution is 7.80. The summed E-state index contributed by atoms with van der Waals surface area (Å²) in [5.41, 5.74) is 7.08. The zero-order valence-electron chi connectivity index (χ0n) is 11.4. The molecule has 2 N–H and O–H groups in total. The number of hydrogen-bond acceptors (Lipinski definition) is 3. The fourth-order valence-corrected chi connectivity index (χ4v) is 1.82. The van der Waals surface area contributed by atoms with Crippen LogP contribution >= 0.6 is 12.2 Å². The minimum Gasteiger partial charge on any atom is -0.331 e. The molecule has 1 aromatic carbocycles. The van der Waals surface area contributed by atoms with Gasteiger partial charge in [0.15, 0.2) is 5.11 Å². The maximum absolute atomic E-state index is 5.20. The summed E-state index contributed by atoms with van der Waals surface area (Å²) in [5.74, 6) is 0. The molecule has 0 unspecified atom stereocenters. The summed E-state index contributed by atoms with van der Waals surface area (Å²) in [6, 6.07) is 9.82. The van der Waals surface area contributed by atoms with E-state index in [1.165, 1.54) is 11.1 Å². The van der Waals surface area contributed by atoms with Crippen molar-refractivity contribution in [2.75, 3.05) is 5.32 Å². The summed E-state index contributed by atoms with van der Waals surface area (Å²) >= 11 is 5.20. The quantitative estimate of drug-likeness (QED) is 0.517. The van der Waals surface area contributed by atoms with Gasteiger partial charge in [0, 0.05) is 23.6 Å². The fraction of sp³-hybridized carbons (Fsp3) is 0.133. The molecule has 0 radical (unpaired) electrons. The van der Waals surface area contributed by atoms with Crippen molar-refractivity contribution in [2.45, 2.75) is 13.8 Å². The van der Waals surface area contributed by atoms with E-state index >= 15 is 0 Å². The fourth-order valence-electron chi connectivity index (χ4n) is 1.65. The van der Waals surface area contributed by atoms with Crippen LogP contribution in [0.1, 0.15) is 16.7 Å². The first kappa shape index (κ1) is 14.1. The Bertz CT molecular complexity index is 623. The molecule has 0 spiro atoms. The number of benzene rings is 1. The van der Waals surface area contributed by atoms with E-state index < -0.39 is 0 Å². The molecule has 20 heavy (non-hydrogen) atoms. The van der Waals surface area contributed by atoms with Crippen LogP contribution in [0.5, 0.6) is 0 Å². The third-order valence-corrected chi connectivity index (χ3v) is 3.11. The second-order valence-corrected chi connectivity index (χ2v) is 4.77. The highest BCUT2D eigenvalue weighted by atomic mass is 32.1. The standard InChI is InChI=1S/C15H16N4S/c1-11-5-3-7-14(12(11)2)18-15(20)19-17-10-13-6-4-8-16-9-13/h3-10H,1-2H3,(H2,18,19,20)/b17-10+. The molecule has 0 saturated carbocycles. The van der Waals surface area contributed by atoms with Crippen molar-refractivity contribution < 1.29 is 0 Å². The third-order valence-electron chi connectivity index (χ3n) is 2.92. The van der Waals surface area contributed by atoms with Crippen LogP contribution in [0.15, 0.2) is 47.8 Å². The minimum atomic E-state index is 0.457. The summed E-state index contributed by atoms with van der Waals surface area (Å²) in [4.78, 5) is 4.00. The molecule has 2 rings (SSSR count). The second kappa shape index (κ2) is 6.77. The summed E-state index contributed by atoms with van der Waals surface area (Å²) < 4.78 is 0. The summed E-state index contributed by atoms with van der Waals surface area (Å²) in [7, 11) is 0. The monoisotopic (exact) mass is 284 g/mol. The maximum Gasteiger partial charge on any atom is 0.191 e. The Morgan fingerprint density at radius 2 is 2.10 bits per heavy atom. The van der Waals surface area contributed by atoms with Crippen molar-refractivity contribution in [3.8, 4) is 0 Å². The Hall–Kier alpha value is -2.27. The Morgan fingerprint density at radius 3 is 2.85 bits per heavy atom. The van der Waals surface area contributed by atoms with Gasteiger partial charge in [0.2, 0.25) is 0 Å². The van der Waals surface area contributed by atoms with E-state index in [0.29, 0.717) is 5.11 Å². The molecule has 0 aliphatic carbocycles. The van der Waals surface area contributed by atoms with Crippen LogP contribution < -0.4 is 10.7 Å². The number of rotatable bonds is 3. The van der Waals surface area contributed by atoms with Gasteiger partial charge in [-0.2, -0.15) is 5.10 Å². The Morgan fingerprint density at radius 1 is 1.25 bits per heavy atom.